The molecule has 1 N–H and O–H groups in total. The summed E-state index contributed by atoms with van der Waals surface area (Å²) in [6.07, 6.45) is -7.99. The predicted molar refractivity (Wildman–Crippen MR) is 49.6 cm³/mol. The van der Waals surface area contributed by atoms with E-state index in [1.807, 2.05) is 0 Å². The molecule has 0 aromatic rings. The topological polar surface area (TPSA) is 32.3 Å². The highest BCUT2D eigenvalue weighted by Gasteiger charge is 2.62. The Kier molecular flexibility index (Phi) is 3.95. The number of carbonyl (C=O) groups is 1. The summed E-state index contributed by atoms with van der Waals surface area (Å²) in [5.74, 6) is -1.30. The normalized spacial score (nSPS) is 25.4. The zero-order valence-corrected chi connectivity index (χ0v) is 9.15. The van der Waals surface area contributed by atoms with E-state index in [0.29, 0.717) is 4.90 Å². The molecule has 1 aliphatic rings. The standard InChI is InChI=1S/C9H13F5N2O/c1-16(4-6(10)11)7(17)8(9(12,13)14)2-3-15-5-8/h6,15H,2-5H2,1H3. The lowest BCUT2D eigenvalue weighted by Gasteiger charge is -2.33. The second-order valence-electron chi connectivity index (χ2n) is 4.08. The van der Waals surface area contributed by atoms with Gasteiger partial charge in [0.1, 0.15) is 0 Å². The largest absolute Gasteiger partial charge is 0.404 e. The summed E-state index contributed by atoms with van der Waals surface area (Å²) < 4.78 is 62.8. The van der Waals surface area contributed by atoms with Crippen molar-refractivity contribution in [1.82, 2.24) is 10.2 Å². The maximum absolute atomic E-state index is 12.9. The van der Waals surface area contributed by atoms with Gasteiger partial charge >= 0.3 is 6.18 Å². The van der Waals surface area contributed by atoms with Crippen LogP contribution in [0.4, 0.5) is 22.0 Å². The van der Waals surface area contributed by atoms with E-state index in [9.17, 15) is 26.7 Å². The molecule has 0 aromatic heterocycles. The van der Waals surface area contributed by atoms with Crippen LogP contribution in [0.25, 0.3) is 0 Å². The van der Waals surface area contributed by atoms with Crippen LogP contribution in [0.15, 0.2) is 0 Å². The lowest BCUT2D eigenvalue weighted by Crippen LogP contribution is -2.53. The van der Waals surface area contributed by atoms with Gasteiger partial charge in [-0.2, -0.15) is 13.2 Å². The minimum absolute atomic E-state index is 0.0494. The highest BCUT2D eigenvalue weighted by atomic mass is 19.4. The van der Waals surface area contributed by atoms with Crippen molar-refractivity contribution in [2.75, 3.05) is 26.7 Å². The first-order valence-corrected chi connectivity index (χ1v) is 5.02. The number of rotatable bonds is 3. The maximum Gasteiger partial charge on any atom is 0.404 e. The van der Waals surface area contributed by atoms with Gasteiger partial charge in [0.2, 0.25) is 5.91 Å². The van der Waals surface area contributed by atoms with Crippen molar-refractivity contribution in [1.29, 1.82) is 0 Å². The number of alkyl halides is 5. The van der Waals surface area contributed by atoms with E-state index in [-0.39, 0.29) is 6.54 Å². The Morgan fingerprint density at radius 2 is 2.06 bits per heavy atom. The molecule has 17 heavy (non-hydrogen) atoms. The average molecular weight is 260 g/mol. The molecule has 1 unspecified atom stereocenters. The number of amides is 1. The summed E-state index contributed by atoms with van der Waals surface area (Å²) in [7, 11) is 0.959. The van der Waals surface area contributed by atoms with Crippen molar-refractivity contribution < 1.29 is 26.7 Å². The summed E-state index contributed by atoms with van der Waals surface area (Å²) in [5, 5.41) is 2.45. The number of nitrogens with one attached hydrogen (secondary N) is 1. The smallest absolute Gasteiger partial charge is 0.339 e. The SMILES string of the molecule is CN(CC(F)F)C(=O)C1(C(F)(F)F)CCNC1. The molecule has 1 saturated heterocycles. The Balaban J connectivity index is 2.89. The summed E-state index contributed by atoms with van der Waals surface area (Å²) in [6, 6.07) is 0. The number of carbonyl (C=O) groups excluding carboxylic acids is 1. The predicted octanol–water partition coefficient (Wildman–Crippen LogP) is 1.25. The zero-order chi connectivity index (χ0) is 13.3. The first-order chi connectivity index (χ1) is 7.71. The van der Waals surface area contributed by atoms with Crippen molar-refractivity contribution in [3.63, 3.8) is 0 Å². The van der Waals surface area contributed by atoms with E-state index >= 15 is 0 Å². The number of hydrogen-bond acceptors (Lipinski definition) is 2. The molecule has 0 aromatic carbocycles. The minimum atomic E-state index is -4.73. The van der Waals surface area contributed by atoms with E-state index in [1.165, 1.54) is 0 Å². The van der Waals surface area contributed by atoms with Crippen LogP contribution in [0.3, 0.4) is 0 Å². The molecule has 0 spiro atoms. The van der Waals surface area contributed by atoms with Crippen molar-refractivity contribution in [2.24, 2.45) is 5.41 Å². The molecule has 8 heteroatoms. The van der Waals surface area contributed by atoms with Crippen LogP contribution in [0.2, 0.25) is 0 Å². The Bertz CT molecular complexity index is 286. The molecule has 1 amide bonds. The third kappa shape index (κ3) is 2.67. The molecule has 1 rings (SSSR count). The Hall–Kier alpha value is -0.920. The van der Waals surface area contributed by atoms with Gasteiger partial charge in [-0.3, -0.25) is 4.79 Å². The third-order valence-electron chi connectivity index (χ3n) is 2.87. The molecular weight excluding hydrogens is 247 g/mol. The van der Waals surface area contributed by atoms with Crippen molar-refractivity contribution in [2.45, 2.75) is 19.0 Å². The van der Waals surface area contributed by atoms with Gasteiger partial charge in [-0.15, -0.1) is 0 Å². The zero-order valence-electron chi connectivity index (χ0n) is 9.15. The lowest BCUT2D eigenvalue weighted by molar-refractivity contribution is -0.221. The molecule has 100 valence electrons. The highest BCUT2D eigenvalue weighted by molar-refractivity contribution is 5.84. The van der Waals surface area contributed by atoms with Crippen molar-refractivity contribution in [3.05, 3.63) is 0 Å². The monoisotopic (exact) mass is 260 g/mol. The fourth-order valence-corrected chi connectivity index (χ4v) is 1.89. The van der Waals surface area contributed by atoms with Gasteiger partial charge in [-0.1, -0.05) is 0 Å². The van der Waals surface area contributed by atoms with Crippen molar-refractivity contribution >= 4 is 5.91 Å². The molecule has 0 radical (unpaired) electrons. The summed E-state index contributed by atoms with van der Waals surface area (Å²) in [5.41, 5.74) is -2.56. The van der Waals surface area contributed by atoms with Crippen LogP contribution in [-0.4, -0.2) is 50.1 Å². The number of halogens is 5. The molecular formula is C9H13F5N2O. The van der Waals surface area contributed by atoms with Gasteiger partial charge in [-0.05, 0) is 13.0 Å². The van der Waals surface area contributed by atoms with E-state index < -0.39 is 43.4 Å². The molecule has 0 aliphatic carbocycles. The van der Waals surface area contributed by atoms with Gasteiger partial charge in [0, 0.05) is 13.6 Å². The van der Waals surface area contributed by atoms with Crippen LogP contribution in [-0.2, 0) is 4.79 Å². The highest BCUT2D eigenvalue weighted by Crippen LogP contribution is 2.44. The van der Waals surface area contributed by atoms with Gasteiger partial charge in [0.25, 0.3) is 6.43 Å². The fraction of sp³-hybridized carbons (Fsp3) is 0.889. The average Bonchev–Trinajstić information content (AvgIpc) is 2.63. The Morgan fingerprint density at radius 3 is 2.41 bits per heavy atom. The quantitative estimate of drug-likeness (QED) is 0.775. The molecule has 1 fully saturated rings. The summed E-state index contributed by atoms with van der Waals surface area (Å²) in [4.78, 5) is 12.1. The van der Waals surface area contributed by atoms with E-state index in [1.54, 1.807) is 0 Å². The lowest BCUT2D eigenvalue weighted by atomic mass is 9.84. The number of hydrogen-bond donors (Lipinski definition) is 1. The molecule has 0 saturated carbocycles. The number of nitrogens with zero attached hydrogens (tertiary/aromatic N) is 1. The van der Waals surface area contributed by atoms with Gasteiger partial charge in [0.15, 0.2) is 5.41 Å². The van der Waals surface area contributed by atoms with Gasteiger partial charge < -0.3 is 10.2 Å². The molecule has 0 bridgehead atoms. The van der Waals surface area contributed by atoms with Gasteiger partial charge in [0.05, 0.1) is 6.54 Å². The van der Waals surface area contributed by atoms with Crippen LogP contribution >= 0.6 is 0 Å². The molecule has 3 nitrogen and oxygen atoms in total. The second kappa shape index (κ2) is 4.75. The van der Waals surface area contributed by atoms with Crippen LogP contribution in [0.1, 0.15) is 6.42 Å². The first-order valence-electron chi connectivity index (χ1n) is 5.02. The van der Waals surface area contributed by atoms with E-state index in [2.05, 4.69) is 5.32 Å². The van der Waals surface area contributed by atoms with Crippen LogP contribution in [0.5, 0.6) is 0 Å². The van der Waals surface area contributed by atoms with E-state index in [0.717, 1.165) is 7.05 Å². The van der Waals surface area contributed by atoms with E-state index in [4.69, 9.17) is 0 Å². The first kappa shape index (κ1) is 14.1. The fourth-order valence-electron chi connectivity index (χ4n) is 1.89. The third-order valence-corrected chi connectivity index (χ3v) is 2.87. The van der Waals surface area contributed by atoms with Crippen LogP contribution < -0.4 is 5.32 Å². The molecule has 1 atom stereocenters. The molecule has 1 heterocycles. The minimum Gasteiger partial charge on any atom is -0.339 e. The molecule has 1 aliphatic heterocycles. The van der Waals surface area contributed by atoms with Crippen LogP contribution in [0, 0.1) is 5.41 Å². The Labute approximate surface area is 95.0 Å². The second-order valence-corrected chi connectivity index (χ2v) is 4.08. The summed E-state index contributed by atoms with van der Waals surface area (Å²) >= 11 is 0. The maximum atomic E-state index is 12.9. The Morgan fingerprint density at radius 1 is 1.47 bits per heavy atom. The summed E-state index contributed by atoms with van der Waals surface area (Å²) in [6.45, 7) is -1.49. The van der Waals surface area contributed by atoms with Crippen molar-refractivity contribution in [3.8, 4) is 0 Å². The van der Waals surface area contributed by atoms with Gasteiger partial charge in [-0.25, -0.2) is 8.78 Å².